The van der Waals surface area contributed by atoms with Crippen LogP contribution in [0.5, 0.6) is 0 Å². The van der Waals surface area contributed by atoms with Crippen molar-refractivity contribution in [2.75, 3.05) is 64.3 Å². The first-order chi connectivity index (χ1) is 15.1. The predicted octanol–water partition coefficient (Wildman–Crippen LogP) is 2.13. The van der Waals surface area contributed by atoms with E-state index in [2.05, 4.69) is 32.3 Å². The third-order valence-electron chi connectivity index (χ3n) is 7.74. The highest BCUT2D eigenvalue weighted by Crippen LogP contribution is 2.47. The molecule has 2 saturated heterocycles. The lowest BCUT2D eigenvalue weighted by molar-refractivity contribution is -0.144. The van der Waals surface area contributed by atoms with Gasteiger partial charge in [-0.1, -0.05) is 13.0 Å². The number of carbonyl (C=O) groups excluding carboxylic acids is 1. The summed E-state index contributed by atoms with van der Waals surface area (Å²) in [6.45, 7) is 12.4. The van der Waals surface area contributed by atoms with E-state index >= 15 is 0 Å². The zero-order valence-electron chi connectivity index (χ0n) is 19.2. The number of ether oxygens (including phenoxy) is 1. The Balaban J connectivity index is 1.36. The number of hydrogen-bond donors (Lipinski definition) is 2. The summed E-state index contributed by atoms with van der Waals surface area (Å²) >= 11 is 0. The van der Waals surface area contributed by atoms with Gasteiger partial charge in [-0.25, -0.2) is 4.98 Å². The van der Waals surface area contributed by atoms with Crippen LogP contribution < -0.4 is 10.6 Å². The summed E-state index contributed by atoms with van der Waals surface area (Å²) in [4.78, 5) is 23.0. The lowest BCUT2D eigenvalue weighted by Crippen LogP contribution is -2.61. The van der Waals surface area contributed by atoms with E-state index in [1.807, 2.05) is 19.1 Å². The van der Waals surface area contributed by atoms with Gasteiger partial charge in [-0.3, -0.25) is 9.69 Å². The van der Waals surface area contributed by atoms with E-state index in [-0.39, 0.29) is 11.3 Å². The number of rotatable bonds is 7. The summed E-state index contributed by atoms with van der Waals surface area (Å²) in [5.74, 6) is 1.63. The molecule has 0 spiro atoms. The van der Waals surface area contributed by atoms with Crippen molar-refractivity contribution >= 4 is 11.7 Å². The van der Waals surface area contributed by atoms with Crippen molar-refractivity contribution in [3.8, 4) is 0 Å². The third kappa shape index (κ3) is 5.04. The van der Waals surface area contributed by atoms with Crippen molar-refractivity contribution in [2.24, 2.45) is 11.3 Å². The molecule has 3 fully saturated rings. The van der Waals surface area contributed by atoms with Crippen LogP contribution >= 0.6 is 0 Å². The molecule has 1 saturated carbocycles. The molecule has 2 N–H and O–H groups in total. The van der Waals surface area contributed by atoms with Crippen LogP contribution in [0.1, 0.15) is 38.2 Å². The van der Waals surface area contributed by atoms with Gasteiger partial charge in [0.25, 0.3) is 0 Å². The maximum absolute atomic E-state index is 13.6. The standard InChI is InChI=1S/C24H39N5O2/c1-3-28-12-7-20-17-21(29-13-15-31-16-14-29)6-8-24(20,18-28)23(30)27-11-10-26-22-19(2)5-4-9-25-22/h4-5,9,20-21H,3,6-8,10-18H2,1-2H3,(H,25,26)(H,27,30)/t20-,21+,24-/m1/s1. The molecule has 1 amide bonds. The number of amides is 1. The average Bonchev–Trinajstić information content (AvgIpc) is 2.82. The van der Waals surface area contributed by atoms with Crippen LogP contribution in [0.4, 0.5) is 5.82 Å². The molecule has 0 unspecified atom stereocenters. The Bertz CT molecular complexity index is 738. The number of piperidine rings is 1. The van der Waals surface area contributed by atoms with Gasteiger partial charge in [0.2, 0.25) is 5.91 Å². The number of nitrogens with one attached hydrogen (secondary N) is 2. The van der Waals surface area contributed by atoms with Crippen LogP contribution in [0.3, 0.4) is 0 Å². The van der Waals surface area contributed by atoms with Gasteiger partial charge < -0.3 is 20.3 Å². The fourth-order valence-electron chi connectivity index (χ4n) is 5.84. The van der Waals surface area contributed by atoms with Gasteiger partial charge in [0.05, 0.1) is 18.6 Å². The first-order valence-electron chi connectivity index (χ1n) is 12.1. The highest BCUT2D eigenvalue weighted by atomic mass is 16.5. The van der Waals surface area contributed by atoms with Crippen molar-refractivity contribution in [1.82, 2.24) is 20.1 Å². The summed E-state index contributed by atoms with van der Waals surface area (Å²) in [6, 6.07) is 4.60. The van der Waals surface area contributed by atoms with E-state index in [1.165, 1.54) is 0 Å². The lowest BCUT2D eigenvalue weighted by Gasteiger charge is -2.53. The number of nitrogens with zero attached hydrogens (tertiary/aromatic N) is 3. The van der Waals surface area contributed by atoms with Crippen LogP contribution in [-0.2, 0) is 9.53 Å². The molecule has 3 heterocycles. The summed E-state index contributed by atoms with van der Waals surface area (Å²) in [7, 11) is 0. The van der Waals surface area contributed by atoms with Gasteiger partial charge in [-0.2, -0.15) is 0 Å². The van der Waals surface area contributed by atoms with E-state index in [0.717, 1.165) is 83.0 Å². The molecule has 7 heteroatoms. The molecule has 7 nitrogen and oxygen atoms in total. The largest absolute Gasteiger partial charge is 0.379 e. The van der Waals surface area contributed by atoms with Gasteiger partial charge in [0.15, 0.2) is 0 Å². The second-order valence-corrected chi connectivity index (χ2v) is 9.44. The van der Waals surface area contributed by atoms with Gasteiger partial charge in [-0.05, 0) is 63.2 Å². The van der Waals surface area contributed by atoms with Crippen LogP contribution in [0.25, 0.3) is 0 Å². The topological polar surface area (TPSA) is 69.7 Å². The van der Waals surface area contributed by atoms with Gasteiger partial charge in [-0.15, -0.1) is 0 Å². The van der Waals surface area contributed by atoms with Crippen molar-refractivity contribution in [1.29, 1.82) is 0 Å². The number of pyridine rings is 1. The summed E-state index contributed by atoms with van der Waals surface area (Å²) in [6.07, 6.45) is 6.19. The number of hydrogen-bond acceptors (Lipinski definition) is 6. The van der Waals surface area contributed by atoms with E-state index in [4.69, 9.17) is 4.74 Å². The summed E-state index contributed by atoms with van der Waals surface area (Å²) in [5.41, 5.74) is 0.887. The molecule has 3 aliphatic rings. The monoisotopic (exact) mass is 429 g/mol. The van der Waals surface area contributed by atoms with E-state index < -0.39 is 0 Å². The summed E-state index contributed by atoms with van der Waals surface area (Å²) < 4.78 is 5.56. The quantitative estimate of drug-likeness (QED) is 0.647. The van der Waals surface area contributed by atoms with Crippen molar-refractivity contribution < 1.29 is 9.53 Å². The van der Waals surface area contributed by atoms with Gasteiger partial charge in [0.1, 0.15) is 5.82 Å². The number of aromatic nitrogens is 1. The van der Waals surface area contributed by atoms with Crippen LogP contribution in [0.2, 0.25) is 0 Å². The zero-order valence-corrected chi connectivity index (χ0v) is 19.2. The Morgan fingerprint density at radius 3 is 2.87 bits per heavy atom. The number of fused-ring (bicyclic) bond motifs is 1. The van der Waals surface area contributed by atoms with E-state index in [0.29, 0.717) is 25.0 Å². The number of morpholine rings is 1. The highest BCUT2D eigenvalue weighted by Gasteiger charge is 2.52. The Labute approximate surface area is 186 Å². The third-order valence-corrected chi connectivity index (χ3v) is 7.74. The van der Waals surface area contributed by atoms with Crippen molar-refractivity contribution in [3.63, 3.8) is 0 Å². The van der Waals surface area contributed by atoms with Crippen molar-refractivity contribution in [2.45, 2.75) is 45.6 Å². The second-order valence-electron chi connectivity index (χ2n) is 9.44. The highest BCUT2D eigenvalue weighted by molar-refractivity contribution is 5.83. The van der Waals surface area contributed by atoms with Crippen LogP contribution in [0.15, 0.2) is 18.3 Å². The van der Waals surface area contributed by atoms with Gasteiger partial charge in [0, 0.05) is 45.0 Å². The molecule has 0 bridgehead atoms. The molecule has 172 valence electrons. The lowest BCUT2D eigenvalue weighted by atomic mass is 9.61. The van der Waals surface area contributed by atoms with Gasteiger partial charge >= 0.3 is 0 Å². The zero-order chi connectivity index (χ0) is 21.7. The minimum Gasteiger partial charge on any atom is -0.379 e. The molecule has 3 atom stereocenters. The predicted molar refractivity (Wildman–Crippen MR) is 123 cm³/mol. The van der Waals surface area contributed by atoms with E-state index in [9.17, 15) is 4.79 Å². The Kier molecular flexibility index (Phi) is 7.46. The molecule has 2 aliphatic heterocycles. The van der Waals surface area contributed by atoms with E-state index in [1.54, 1.807) is 6.20 Å². The Morgan fingerprint density at radius 2 is 2.10 bits per heavy atom. The average molecular weight is 430 g/mol. The molecule has 0 radical (unpaired) electrons. The molecular weight excluding hydrogens is 390 g/mol. The molecule has 4 rings (SSSR count). The number of anilines is 1. The SMILES string of the molecule is CCN1CC[C@@H]2C[C@@H](N3CCOCC3)CC[C@@]2(C(=O)NCCNc2ncccc2C)C1. The Morgan fingerprint density at radius 1 is 1.26 bits per heavy atom. The normalized spacial score (nSPS) is 29.9. The van der Waals surface area contributed by atoms with Crippen molar-refractivity contribution in [3.05, 3.63) is 23.9 Å². The van der Waals surface area contributed by atoms with Crippen LogP contribution in [0, 0.1) is 18.3 Å². The molecule has 1 aliphatic carbocycles. The smallest absolute Gasteiger partial charge is 0.227 e. The molecule has 31 heavy (non-hydrogen) atoms. The minimum absolute atomic E-state index is 0.238. The maximum Gasteiger partial charge on any atom is 0.227 e. The maximum atomic E-state index is 13.6. The second kappa shape index (κ2) is 10.3. The summed E-state index contributed by atoms with van der Waals surface area (Å²) in [5, 5.41) is 6.64. The molecule has 1 aromatic rings. The minimum atomic E-state index is -0.238. The number of carbonyl (C=O) groups is 1. The number of aryl methyl sites for hydroxylation is 1. The fourth-order valence-corrected chi connectivity index (χ4v) is 5.84. The fraction of sp³-hybridized carbons (Fsp3) is 0.750. The molecule has 1 aromatic heterocycles. The molecule has 0 aromatic carbocycles. The first kappa shape index (κ1) is 22.5. The molecular formula is C24H39N5O2. The Hall–Kier alpha value is -1.70. The first-order valence-corrected chi connectivity index (χ1v) is 12.1. The van der Waals surface area contributed by atoms with Crippen LogP contribution in [-0.4, -0.2) is 85.8 Å². The number of likely N-dealkylation sites (tertiary alicyclic amines) is 1.